The van der Waals surface area contributed by atoms with Gasteiger partial charge in [-0.25, -0.2) is 0 Å². The van der Waals surface area contributed by atoms with E-state index in [1.54, 1.807) is 0 Å². The number of amides is 1. The summed E-state index contributed by atoms with van der Waals surface area (Å²) in [4.78, 5) is 14.8. The van der Waals surface area contributed by atoms with Crippen LogP contribution in [0.4, 0.5) is 0 Å². The Bertz CT molecular complexity index is 780. The van der Waals surface area contributed by atoms with Gasteiger partial charge in [0.2, 0.25) is 0 Å². The van der Waals surface area contributed by atoms with Crippen molar-refractivity contribution in [2.45, 2.75) is 38.8 Å². The minimum absolute atomic E-state index is 0.0810. The summed E-state index contributed by atoms with van der Waals surface area (Å²) in [5, 5.41) is 12.1. The molecule has 1 aromatic heterocycles. The number of ether oxygens (including phenoxy) is 1. The van der Waals surface area contributed by atoms with E-state index in [9.17, 15) is 4.79 Å². The molecule has 2 aromatic rings. The van der Waals surface area contributed by atoms with Crippen molar-refractivity contribution < 1.29 is 9.53 Å². The smallest absolute Gasteiger partial charge is 0.253 e. The number of likely N-dealkylation sites (tertiary alicyclic amines) is 1. The first-order chi connectivity index (χ1) is 12.8. The number of carbonyl (C=O) groups is 1. The number of benzene rings is 1. The van der Waals surface area contributed by atoms with Gasteiger partial charge in [-0.15, -0.1) is 10.2 Å². The van der Waals surface area contributed by atoms with E-state index in [0.717, 1.165) is 63.0 Å². The van der Waals surface area contributed by atoms with Crippen molar-refractivity contribution in [1.29, 1.82) is 0 Å². The van der Waals surface area contributed by atoms with E-state index < -0.39 is 0 Å². The van der Waals surface area contributed by atoms with Crippen LogP contribution in [0.15, 0.2) is 24.3 Å². The molecule has 0 aliphatic carbocycles. The quantitative estimate of drug-likeness (QED) is 0.905. The van der Waals surface area contributed by atoms with Crippen LogP contribution in [0, 0.1) is 0 Å². The molecular weight excluding hydrogens is 330 g/mol. The number of rotatable bonds is 4. The molecule has 0 bridgehead atoms. The van der Waals surface area contributed by atoms with Crippen LogP contribution in [-0.2, 0) is 13.1 Å². The highest BCUT2D eigenvalue weighted by Crippen LogP contribution is 2.28. The maximum atomic E-state index is 12.8. The Kier molecular flexibility index (Phi) is 4.88. The van der Waals surface area contributed by atoms with Crippen LogP contribution < -0.4 is 10.1 Å². The van der Waals surface area contributed by atoms with E-state index in [4.69, 9.17) is 4.74 Å². The second-order valence-electron chi connectivity index (χ2n) is 6.83. The molecule has 1 amide bonds. The van der Waals surface area contributed by atoms with Gasteiger partial charge in [0.25, 0.3) is 5.91 Å². The maximum absolute atomic E-state index is 12.8. The third kappa shape index (κ3) is 3.31. The van der Waals surface area contributed by atoms with Crippen molar-refractivity contribution in [2.24, 2.45) is 0 Å². The molecule has 0 atom stereocenters. The van der Waals surface area contributed by atoms with E-state index in [1.807, 2.05) is 36.1 Å². The monoisotopic (exact) mass is 355 g/mol. The third-order valence-corrected chi connectivity index (χ3v) is 5.19. The molecule has 1 fully saturated rings. The first kappa shape index (κ1) is 17.0. The van der Waals surface area contributed by atoms with Gasteiger partial charge in [-0.1, -0.05) is 6.07 Å². The van der Waals surface area contributed by atoms with Gasteiger partial charge in [-0.2, -0.15) is 0 Å². The number of aromatic nitrogens is 3. The average Bonchev–Trinajstić information content (AvgIpc) is 3.12. The largest absolute Gasteiger partial charge is 0.494 e. The average molecular weight is 355 g/mol. The number of nitrogens with zero attached hydrogens (tertiary/aromatic N) is 4. The first-order valence-corrected chi connectivity index (χ1v) is 9.41. The van der Waals surface area contributed by atoms with E-state index >= 15 is 0 Å². The van der Waals surface area contributed by atoms with Gasteiger partial charge in [-0.05, 0) is 38.0 Å². The minimum Gasteiger partial charge on any atom is -0.494 e. The molecule has 2 aliphatic heterocycles. The van der Waals surface area contributed by atoms with Crippen LogP contribution in [0.2, 0.25) is 0 Å². The second kappa shape index (κ2) is 7.45. The first-order valence-electron chi connectivity index (χ1n) is 9.41. The molecule has 2 aliphatic rings. The van der Waals surface area contributed by atoms with Gasteiger partial charge in [0.1, 0.15) is 17.4 Å². The number of hydrogen-bond donors (Lipinski definition) is 1. The highest BCUT2D eigenvalue weighted by atomic mass is 16.5. The number of hydrogen-bond acceptors (Lipinski definition) is 5. The van der Waals surface area contributed by atoms with Gasteiger partial charge < -0.3 is 19.5 Å². The second-order valence-corrected chi connectivity index (χ2v) is 6.83. The Hall–Kier alpha value is -2.41. The van der Waals surface area contributed by atoms with E-state index in [0.29, 0.717) is 18.1 Å². The SMILES string of the molecule is CCOc1cccc(C(=O)N2CCC(c3nnc4n3CCNC4)CC2)c1. The predicted octanol–water partition coefficient (Wildman–Crippen LogP) is 1.80. The summed E-state index contributed by atoms with van der Waals surface area (Å²) < 4.78 is 7.76. The fourth-order valence-corrected chi connectivity index (χ4v) is 3.83. The fourth-order valence-electron chi connectivity index (χ4n) is 3.83. The van der Waals surface area contributed by atoms with Crippen LogP contribution >= 0.6 is 0 Å². The molecule has 1 saturated heterocycles. The molecule has 7 heteroatoms. The van der Waals surface area contributed by atoms with Gasteiger partial charge in [-0.3, -0.25) is 4.79 Å². The summed E-state index contributed by atoms with van der Waals surface area (Å²) in [6.45, 7) is 6.73. The molecule has 4 rings (SSSR count). The molecule has 0 unspecified atom stereocenters. The molecule has 0 radical (unpaired) electrons. The summed E-state index contributed by atoms with van der Waals surface area (Å²) >= 11 is 0. The van der Waals surface area contributed by atoms with Gasteiger partial charge in [0, 0.05) is 37.7 Å². The molecule has 138 valence electrons. The molecule has 3 heterocycles. The molecule has 0 spiro atoms. The lowest BCUT2D eigenvalue weighted by atomic mass is 9.95. The number of piperidine rings is 1. The highest BCUT2D eigenvalue weighted by molar-refractivity contribution is 5.94. The van der Waals surface area contributed by atoms with Crippen LogP contribution in [0.25, 0.3) is 0 Å². The Balaban J connectivity index is 1.41. The summed E-state index contributed by atoms with van der Waals surface area (Å²) in [6, 6.07) is 7.45. The summed E-state index contributed by atoms with van der Waals surface area (Å²) in [6.07, 6.45) is 1.87. The Morgan fingerprint density at radius 2 is 2.12 bits per heavy atom. The number of nitrogens with one attached hydrogen (secondary N) is 1. The van der Waals surface area contributed by atoms with E-state index in [1.165, 1.54) is 0 Å². The van der Waals surface area contributed by atoms with Crippen molar-refractivity contribution in [3.63, 3.8) is 0 Å². The number of carbonyl (C=O) groups excluding carboxylic acids is 1. The van der Waals surface area contributed by atoms with Gasteiger partial charge in [0.15, 0.2) is 0 Å². The Labute approximate surface area is 153 Å². The van der Waals surface area contributed by atoms with Crippen molar-refractivity contribution in [1.82, 2.24) is 25.0 Å². The highest BCUT2D eigenvalue weighted by Gasteiger charge is 2.29. The molecule has 1 N–H and O–H groups in total. The summed E-state index contributed by atoms with van der Waals surface area (Å²) in [7, 11) is 0. The van der Waals surface area contributed by atoms with Crippen LogP contribution in [0.5, 0.6) is 5.75 Å². The van der Waals surface area contributed by atoms with Crippen molar-refractivity contribution in [2.75, 3.05) is 26.2 Å². The summed E-state index contributed by atoms with van der Waals surface area (Å²) in [5.41, 5.74) is 0.695. The lowest BCUT2D eigenvalue weighted by molar-refractivity contribution is 0.0709. The summed E-state index contributed by atoms with van der Waals surface area (Å²) in [5.74, 6) is 3.33. The lowest BCUT2D eigenvalue weighted by Crippen LogP contribution is -2.38. The van der Waals surface area contributed by atoms with Gasteiger partial charge >= 0.3 is 0 Å². The molecule has 7 nitrogen and oxygen atoms in total. The Morgan fingerprint density at radius 3 is 2.92 bits per heavy atom. The van der Waals surface area contributed by atoms with Crippen molar-refractivity contribution >= 4 is 5.91 Å². The minimum atomic E-state index is 0.0810. The number of fused-ring (bicyclic) bond motifs is 1. The molecular formula is C19H25N5O2. The Morgan fingerprint density at radius 1 is 1.27 bits per heavy atom. The predicted molar refractivity (Wildman–Crippen MR) is 97.2 cm³/mol. The topological polar surface area (TPSA) is 72.3 Å². The van der Waals surface area contributed by atoms with Crippen molar-refractivity contribution in [3.05, 3.63) is 41.5 Å². The van der Waals surface area contributed by atoms with E-state index in [-0.39, 0.29) is 5.91 Å². The van der Waals surface area contributed by atoms with Crippen LogP contribution in [0.3, 0.4) is 0 Å². The maximum Gasteiger partial charge on any atom is 0.253 e. The van der Waals surface area contributed by atoms with Crippen molar-refractivity contribution in [3.8, 4) is 5.75 Å². The fraction of sp³-hybridized carbons (Fsp3) is 0.526. The van der Waals surface area contributed by atoms with Crippen LogP contribution in [-0.4, -0.2) is 51.8 Å². The standard InChI is InChI=1S/C19H25N5O2/c1-2-26-16-5-3-4-15(12-16)19(25)23-9-6-14(7-10-23)18-22-21-17-13-20-8-11-24(17)18/h3-5,12,14,20H,2,6-11,13H2,1H3. The molecule has 1 aromatic carbocycles. The zero-order chi connectivity index (χ0) is 17.9. The molecule has 0 saturated carbocycles. The van der Waals surface area contributed by atoms with Crippen LogP contribution in [0.1, 0.15) is 47.7 Å². The van der Waals surface area contributed by atoms with E-state index in [2.05, 4.69) is 20.1 Å². The van der Waals surface area contributed by atoms with Gasteiger partial charge in [0.05, 0.1) is 13.2 Å². The third-order valence-electron chi connectivity index (χ3n) is 5.19. The lowest BCUT2D eigenvalue weighted by Gasteiger charge is -2.32. The zero-order valence-corrected chi connectivity index (χ0v) is 15.1. The molecule has 26 heavy (non-hydrogen) atoms. The normalized spacial score (nSPS) is 17.8. The zero-order valence-electron chi connectivity index (χ0n) is 15.1.